The van der Waals surface area contributed by atoms with Gasteiger partial charge in [-0.3, -0.25) is 14.5 Å². The summed E-state index contributed by atoms with van der Waals surface area (Å²) in [6, 6.07) is -0.554. The summed E-state index contributed by atoms with van der Waals surface area (Å²) < 4.78 is 10.5. The zero-order valence-corrected chi connectivity index (χ0v) is 19.0. The van der Waals surface area contributed by atoms with Gasteiger partial charge in [-0.15, -0.1) is 12.3 Å². The zero-order chi connectivity index (χ0) is 22.7. The Morgan fingerprint density at radius 1 is 1.27 bits per heavy atom. The molecule has 0 aliphatic carbocycles. The molecule has 1 heterocycles. The highest BCUT2D eigenvalue weighted by atomic mass is 16.6. The summed E-state index contributed by atoms with van der Waals surface area (Å²) in [5.41, 5.74) is -0.541. The summed E-state index contributed by atoms with van der Waals surface area (Å²) in [7, 11) is 1.46. The van der Waals surface area contributed by atoms with E-state index >= 15 is 0 Å². The van der Waals surface area contributed by atoms with Gasteiger partial charge >= 0.3 is 6.09 Å². The summed E-state index contributed by atoms with van der Waals surface area (Å²) >= 11 is 0. The normalized spacial score (nSPS) is 17.2. The molecule has 168 valence electrons. The zero-order valence-electron chi connectivity index (χ0n) is 19.0. The minimum absolute atomic E-state index is 0.105. The lowest BCUT2D eigenvalue weighted by Gasteiger charge is -2.28. The third-order valence-corrected chi connectivity index (χ3v) is 4.79. The number of methoxy groups -OCH3 is 1. The number of hydrogen-bond acceptors (Lipinski definition) is 5. The highest BCUT2D eigenvalue weighted by Gasteiger charge is 2.39. The Morgan fingerprint density at radius 3 is 2.57 bits per heavy atom. The number of carbonyl (C=O) groups is 3. The van der Waals surface area contributed by atoms with E-state index in [4.69, 9.17) is 15.9 Å². The third-order valence-electron chi connectivity index (χ3n) is 4.79. The van der Waals surface area contributed by atoms with Gasteiger partial charge in [0.2, 0.25) is 5.91 Å². The maximum atomic E-state index is 13.0. The van der Waals surface area contributed by atoms with Crippen molar-refractivity contribution >= 4 is 17.8 Å². The van der Waals surface area contributed by atoms with Crippen molar-refractivity contribution in [2.75, 3.05) is 13.7 Å². The molecule has 0 radical (unpaired) electrons. The summed E-state index contributed by atoms with van der Waals surface area (Å²) in [4.78, 5) is 38.6. The number of unbranched alkanes of at least 4 members (excludes halogenated alkanes) is 3. The van der Waals surface area contributed by atoms with E-state index in [0.29, 0.717) is 44.5 Å². The quantitative estimate of drug-likeness (QED) is 0.406. The number of ketones is 1. The molecule has 0 fully saturated rings. The Morgan fingerprint density at radius 2 is 1.97 bits per heavy atom. The average Bonchev–Trinajstić information content (AvgIpc) is 2.98. The third kappa shape index (κ3) is 8.48. The number of nitrogens with zero attached hydrogens (tertiary/aromatic N) is 1. The van der Waals surface area contributed by atoms with Crippen LogP contribution in [0.25, 0.3) is 0 Å². The van der Waals surface area contributed by atoms with Crippen molar-refractivity contribution in [2.24, 2.45) is 5.92 Å². The number of rotatable bonds is 11. The van der Waals surface area contributed by atoms with Crippen molar-refractivity contribution < 1.29 is 23.9 Å². The number of alkyl carbamates (subject to hydrolysis) is 1. The van der Waals surface area contributed by atoms with E-state index < -0.39 is 17.7 Å². The van der Waals surface area contributed by atoms with E-state index in [1.54, 1.807) is 20.8 Å². The van der Waals surface area contributed by atoms with E-state index in [9.17, 15) is 14.4 Å². The van der Waals surface area contributed by atoms with Gasteiger partial charge in [0.1, 0.15) is 11.6 Å². The fraction of sp³-hybridized carbons (Fsp3) is 0.696. The van der Waals surface area contributed by atoms with Crippen LogP contribution in [0.15, 0.2) is 12.0 Å². The number of hydrogen-bond donors (Lipinski definition) is 1. The van der Waals surface area contributed by atoms with E-state index in [0.717, 1.165) is 12.8 Å². The average molecular weight is 421 g/mol. The first-order valence-corrected chi connectivity index (χ1v) is 10.6. The second-order valence-corrected chi connectivity index (χ2v) is 8.59. The minimum atomic E-state index is -0.554. The molecule has 0 bridgehead atoms. The van der Waals surface area contributed by atoms with Gasteiger partial charge in [0.05, 0.1) is 7.11 Å². The SMILES string of the molecule is C#CCCCC[C@@H](C)C(=O)N1C(OC)=CC(=O)[C@@H]1CCCCNC(=O)OC(C)(C)C. The summed E-state index contributed by atoms with van der Waals surface area (Å²) in [5.74, 6) is 2.46. The van der Waals surface area contributed by atoms with Crippen LogP contribution in [0, 0.1) is 18.3 Å². The molecule has 7 nitrogen and oxygen atoms in total. The molecule has 2 amide bonds. The summed E-state index contributed by atoms with van der Waals surface area (Å²) in [6.07, 6.45) is 11.2. The first-order chi connectivity index (χ1) is 14.1. The Bertz CT molecular complexity index is 672. The van der Waals surface area contributed by atoms with Crippen LogP contribution < -0.4 is 5.32 Å². The molecule has 0 spiro atoms. The van der Waals surface area contributed by atoms with Crippen molar-refractivity contribution in [3.63, 3.8) is 0 Å². The van der Waals surface area contributed by atoms with Crippen LogP contribution in [0.5, 0.6) is 0 Å². The lowest BCUT2D eigenvalue weighted by molar-refractivity contribution is -0.140. The van der Waals surface area contributed by atoms with Crippen molar-refractivity contribution in [1.82, 2.24) is 10.2 Å². The Balaban J connectivity index is 2.54. The van der Waals surface area contributed by atoms with Crippen LogP contribution in [0.2, 0.25) is 0 Å². The number of ether oxygens (including phenoxy) is 2. The molecule has 1 rings (SSSR count). The second kappa shape index (κ2) is 12.3. The lowest BCUT2D eigenvalue weighted by atomic mass is 9.99. The topological polar surface area (TPSA) is 84.9 Å². The number of nitrogens with one attached hydrogen (secondary N) is 1. The number of carbonyl (C=O) groups excluding carboxylic acids is 3. The van der Waals surface area contributed by atoms with Gasteiger partial charge in [-0.25, -0.2) is 4.79 Å². The van der Waals surface area contributed by atoms with Gasteiger partial charge in [0.25, 0.3) is 0 Å². The maximum Gasteiger partial charge on any atom is 0.407 e. The first kappa shape index (κ1) is 25.5. The lowest BCUT2D eigenvalue weighted by Crippen LogP contribution is -2.42. The van der Waals surface area contributed by atoms with Crippen LogP contribution in [0.4, 0.5) is 4.79 Å². The molecule has 0 aromatic heterocycles. The van der Waals surface area contributed by atoms with Crippen molar-refractivity contribution in [3.8, 4) is 12.3 Å². The van der Waals surface area contributed by atoms with E-state index in [-0.39, 0.29) is 17.6 Å². The molecular formula is C23H36N2O5. The number of amides is 2. The van der Waals surface area contributed by atoms with Crippen molar-refractivity contribution in [3.05, 3.63) is 12.0 Å². The molecule has 0 saturated heterocycles. The Hall–Kier alpha value is -2.49. The van der Waals surface area contributed by atoms with Crippen molar-refractivity contribution in [2.45, 2.75) is 84.3 Å². The highest BCUT2D eigenvalue weighted by molar-refractivity contribution is 6.01. The molecule has 1 aliphatic rings. The Kier molecular flexibility index (Phi) is 10.4. The van der Waals surface area contributed by atoms with Gasteiger partial charge in [0, 0.05) is 25.0 Å². The molecule has 1 N–H and O–H groups in total. The molecule has 0 unspecified atom stereocenters. The Labute approximate surface area is 180 Å². The smallest absolute Gasteiger partial charge is 0.407 e. The van der Waals surface area contributed by atoms with E-state index in [2.05, 4.69) is 11.2 Å². The predicted octanol–water partition coefficient (Wildman–Crippen LogP) is 3.78. The minimum Gasteiger partial charge on any atom is -0.482 e. The fourth-order valence-corrected chi connectivity index (χ4v) is 3.26. The fourth-order valence-electron chi connectivity index (χ4n) is 3.26. The van der Waals surface area contributed by atoms with Crippen LogP contribution in [0.3, 0.4) is 0 Å². The van der Waals surface area contributed by atoms with Gasteiger partial charge in [0.15, 0.2) is 11.7 Å². The molecule has 2 atom stereocenters. The number of terminal acetylenes is 1. The van der Waals surface area contributed by atoms with Gasteiger partial charge in [-0.2, -0.15) is 0 Å². The van der Waals surface area contributed by atoms with Crippen LogP contribution in [-0.2, 0) is 19.1 Å². The highest BCUT2D eigenvalue weighted by Crippen LogP contribution is 2.27. The predicted molar refractivity (Wildman–Crippen MR) is 115 cm³/mol. The maximum absolute atomic E-state index is 13.0. The first-order valence-electron chi connectivity index (χ1n) is 10.6. The van der Waals surface area contributed by atoms with E-state index in [1.165, 1.54) is 18.1 Å². The molecular weight excluding hydrogens is 384 g/mol. The molecule has 30 heavy (non-hydrogen) atoms. The summed E-state index contributed by atoms with van der Waals surface area (Å²) in [6.45, 7) is 7.73. The molecule has 1 aliphatic heterocycles. The van der Waals surface area contributed by atoms with Crippen LogP contribution in [0.1, 0.15) is 72.6 Å². The van der Waals surface area contributed by atoms with E-state index in [1.807, 2.05) is 6.92 Å². The van der Waals surface area contributed by atoms with Gasteiger partial charge in [-0.1, -0.05) is 13.3 Å². The van der Waals surface area contributed by atoms with Crippen molar-refractivity contribution in [1.29, 1.82) is 0 Å². The summed E-state index contributed by atoms with van der Waals surface area (Å²) in [5, 5.41) is 2.70. The molecule has 0 saturated carbocycles. The van der Waals surface area contributed by atoms with Gasteiger partial charge in [-0.05, 0) is 52.9 Å². The standard InChI is InChI=1S/C23H36N2O5/c1-7-8-9-10-13-17(2)21(27)25-18(19(26)16-20(25)29-6)14-11-12-15-24-22(28)30-23(3,4)5/h1,16-18H,8-15H2,2-6H3,(H,24,28)/t17-,18+/m1/s1. The van der Waals surface area contributed by atoms with Gasteiger partial charge < -0.3 is 14.8 Å². The van der Waals surface area contributed by atoms with Crippen LogP contribution >= 0.6 is 0 Å². The monoisotopic (exact) mass is 420 g/mol. The second-order valence-electron chi connectivity index (χ2n) is 8.59. The molecule has 0 aromatic rings. The molecule has 0 aromatic carbocycles. The largest absolute Gasteiger partial charge is 0.482 e. The molecule has 7 heteroatoms. The van der Waals surface area contributed by atoms with Crippen LogP contribution in [-0.4, -0.2) is 48.0 Å².